The molecule has 0 bridgehead atoms. The van der Waals surface area contributed by atoms with Crippen molar-refractivity contribution in [3.05, 3.63) is 65.7 Å². The quantitative estimate of drug-likeness (QED) is 0.874. The van der Waals surface area contributed by atoms with Gasteiger partial charge in [0, 0.05) is 18.4 Å². The number of pyridine rings is 1. The van der Waals surface area contributed by atoms with Gasteiger partial charge in [0.25, 0.3) is 0 Å². The van der Waals surface area contributed by atoms with E-state index in [0.717, 1.165) is 18.4 Å². The van der Waals surface area contributed by atoms with E-state index in [1.165, 1.54) is 11.6 Å². The van der Waals surface area contributed by atoms with Crippen LogP contribution in [0, 0.1) is 5.82 Å². The first-order valence-electron chi connectivity index (χ1n) is 6.11. The van der Waals surface area contributed by atoms with E-state index in [4.69, 9.17) is 0 Å². The second kappa shape index (κ2) is 6.26. The maximum absolute atomic E-state index is 13.2. The summed E-state index contributed by atoms with van der Waals surface area (Å²) >= 11 is 0. The third kappa shape index (κ3) is 3.37. The Morgan fingerprint density at radius 2 is 2.00 bits per heavy atom. The van der Waals surface area contributed by atoms with E-state index < -0.39 is 0 Å². The molecule has 1 unspecified atom stereocenters. The summed E-state index contributed by atoms with van der Waals surface area (Å²) in [5, 5.41) is 3.23. The third-order valence-electron chi connectivity index (χ3n) is 3.07. The standard InChI is InChI=1S/C15H17FN2/c1-17-15(13-3-2-4-14(16)11-13)6-5-12-7-9-18-10-8-12/h2-4,7-11,15,17H,5-6H2,1H3. The lowest BCUT2D eigenvalue weighted by Gasteiger charge is -2.16. The van der Waals surface area contributed by atoms with Gasteiger partial charge in [-0.1, -0.05) is 12.1 Å². The molecule has 0 saturated carbocycles. The molecule has 0 radical (unpaired) electrons. The second-order valence-corrected chi connectivity index (χ2v) is 4.29. The summed E-state index contributed by atoms with van der Waals surface area (Å²) in [5.41, 5.74) is 2.24. The van der Waals surface area contributed by atoms with E-state index in [-0.39, 0.29) is 11.9 Å². The van der Waals surface area contributed by atoms with E-state index in [1.807, 2.05) is 25.2 Å². The molecule has 1 aromatic carbocycles. The molecule has 0 fully saturated rings. The third-order valence-corrected chi connectivity index (χ3v) is 3.07. The summed E-state index contributed by atoms with van der Waals surface area (Å²) in [6.07, 6.45) is 5.48. The average molecular weight is 244 g/mol. The first-order chi connectivity index (χ1) is 8.79. The van der Waals surface area contributed by atoms with Crippen LogP contribution >= 0.6 is 0 Å². The van der Waals surface area contributed by atoms with Crippen molar-refractivity contribution in [2.24, 2.45) is 0 Å². The summed E-state index contributed by atoms with van der Waals surface area (Å²) in [4.78, 5) is 4.00. The fourth-order valence-electron chi connectivity index (χ4n) is 2.06. The average Bonchev–Trinajstić information content (AvgIpc) is 2.41. The van der Waals surface area contributed by atoms with Crippen LogP contribution in [-0.2, 0) is 6.42 Å². The van der Waals surface area contributed by atoms with Crippen molar-refractivity contribution < 1.29 is 4.39 Å². The first kappa shape index (κ1) is 12.7. The number of rotatable bonds is 5. The number of hydrogen-bond acceptors (Lipinski definition) is 2. The minimum atomic E-state index is -0.184. The molecule has 1 heterocycles. The number of halogens is 1. The van der Waals surface area contributed by atoms with Crippen LogP contribution in [0.5, 0.6) is 0 Å². The highest BCUT2D eigenvalue weighted by atomic mass is 19.1. The Bertz CT molecular complexity index is 485. The van der Waals surface area contributed by atoms with Crippen LogP contribution < -0.4 is 5.32 Å². The Balaban J connectivity index is 2.02. The number of nitrogens with one attached hydrogen (secondary N) is 1. The molecule has 2 aromatic rings. The lowest BCUT2D eigenvalue weighted by atomic mass is 9.99. The minimum Gasteiger partial charge on any atom is -0.313 e. The summed E-state index contributed by atoms with van der Waals surface area (Å²) in [7, 11) is 1.90. The lowest BCUT2D eigenvalue weighted by molar-refractivity contribution is 0.542. The molecule has 0 spiro atoms. The molecular weight excluding hydrogens is 227 g/mol. The van der Waals surface area contributed by atoms with Crippen molar-refractivity contribution in [2.75, 3.05) is 7.05 Å². The van der Waals surface area contributed by atoms with Crippen molar-refractivity contribution in [3.63, 3.8) is 0 Å². The van der Waals surface area contributed by atoms with E-state index in [9.17, 15) is 4.39 Å². The molecule has 1 N–H and O–H groups in total. The van der Waals surface area contributed by atoms with Gasteiger partial charge in [-0.25, -0.2) is 4.39 Å². The van der Waals surface area contributed by atoms with Crippen LogP contribution in [0.3, 0.4) is 0 Å². The molecule has 2 rings (SSSR count). The normalized spacial score (nSPS) is 12.3. The Morgan fingerprint density at radius 3 is 2.67 bits per heavy atom. The minimum absolute atomic E-state index is 0.175. The van der Waals surface area contributed by atoms with Gasteiger partial charge >= 0.3 is 0 Å². The fraction of sp³-hybridized carbons (Fsp3) is 0.267. The summed E-state index contributed by atoms with van der Waals surface area (Å²) in [6.45, 7) is 0. The van der Waals surface area contributed by atoms with Crippen LogP contribution in [-0.4, -0.2) is 12.0 Å². The van der Waals surface area contributed by atoms with Crippen molar-refractivity contribution in [2.45, 2.75) is 18.9 Å². The van der Waals surface area contributed by atoms with Crippen LogP contribution in [0.25, 0.3) is 0 Å². The van der Waals surface area contributed by atoms with Crippen molar-refractivity contribution in [3.8, 4) is 0 Å². The largest absolute Gasteiger partial charge is 0.313 e. The van der Waals surface area contributed by atoms with Crippen LogP contribution in [0.4, 0.5) is 4.39 Å². The number of benzene rings is 1. The zero-order chi connectivity index (χ0) is 12.8. The van der Waals surface area contributed by atoms with Crippen LogP contribution in [0.2, 0.25) is 0 Å². The fourth-order valence-corrected chi connectivity index (χ4v) is 2.06. The van der Waals surface area contributed by atoms with Gasteiger partial charge in [-0.05, 0) is 55.3 Å². The molecule has 3 heteroatoms. The Kier molecular flexibility index (Phi) is 4.42. The SMILES string of the molecule is CNC(CCc1ccncc1)c1cccc(F)c1. The molecule has 0 aliphatic carbocycles. The molecule has 0 aliphatic rings. The molecule has 18 heavy (non-hydrogen) atoms. The maximum Gasteiger partial charge on any atom is 0.123 e. The molecule has 1 aromatic heterocycles. The predicted molar refractivity (Wildman–Crippen MR) is 70.8 cm³/mol. The highest BCUT2D eigenvalue weighted by Crippen LogP contribution is 2.19. The van der Waals surface area contributed by atoms with Gasteiger partial charge in [-0.15, -0.1) is 0 Å². The van der Waals surface area contributed by atoms with E-state index in [0.29, 0.717) is 0 Å². The maximum atomic E-state index is 13.2. The van der Waals surface area contributed by atoms with Crippen molar-refractivity contribution >= 4 is 0 Å². The molecule has 94 valence electrons. The van der Waals surface area contributed by atoms with Gasteiger partial charge in [-0.3, -0.25) is 4.98 Å². The molecule has 0 saturated heterocycles. The monoisotopic (exact) mass is 244 g/mol. The van der Waals surface area contributed by atoms with Gasteiger partial charge in [0.15, 0.2) is 0 Å². The van der Waals surface area contributed by atoms with Gasteiger partial charge in [0.05, 0.1) is 0 Å². The molecule has 0 amide bonds. The molecule has 0 aliphatic heterocycles. The number of hydrogen-bond donors (Lipinski definition) is 1. The summed E-state index contributed by atoms with van der Waals surface area (Å²) in [6, 6.07) is 11.0. The van der Waals surface area contributed by atoms with Crippen LogP contribution in [0.1, 0.15) is 23.6 Å². The summed E-state index contributed by atoms with van der Waals surface area (Å²) < 4.78 is 13.2. The topological polar surface area (TPSA) is 24.9 Å². The predicted octanol–water partition coefficient (Wildman–Crippen LogP) is 3.11. The zero-order valence-corrected chi connectivity index (χ0v) is 10.4. The number of aromatic nitrogens is 1. The Hall–Kier alpha value is -1.74. The molecule has 2 nitrogen and oxygen atoms in total. The van der Waals surface area contributed by atoms with E-state index in [2.05, 4.69) is 10.3 Å². The smallest absolute Gasteiger partial charge is 0.123 e. The van der Waals surface area contributed by atoms with E-state index >= 15 is 0 Å². The zero-order valence-electron chi connectivity index (χ0n) is 10.4. The van der Waals surface area contributed by atoms with Crippen LogP contribution in [0.15, 0.2) is 48.8 Å². The number of nitrogens with zero attached hydrogens (tertiary/aromatic N) is 1. The highest BCUT2D eigenvalue weighted by Gasteiger charge is 2.09. The Labute approximate surface area is 107 Å². The lowest BCUT2D eigenvalue weighted by Crippen LogP contribution is -2.17. The molecular formula is C15H17FN2. The highest BCUT2D eigenvalue weighted by molar-refractivity contribution is 5.21. The summed E-state index contributed by atoms with van der Waals surface area (Å²) in [5.74, 6) is -0.184. The van der Waals surface area contributed by atoms with Gasteiger partial charge < -0.3 is 5.32 Å². The van der Waals surface area contributed by atoms with Crippen molar-refractivity contribution in [1.29, 1.82) is 0 Å². The van der Waals surface area contributed by atoms with Gasteiger partial charge in [0.2, 0.25) is 0 Å². The first-order valence-corrected chi connectivity index (χ1v) is 6.11. The molecule has 1 atom stereocenters. The van der Waals surface area contributed by atoms with Crippen molar-refractivity contribution in [1.82, 2.24) is 10.3 Å². The van der Waals surface area contributed by atoms with E-state index in [1.54, 1.807) is 24.5 Å². The van der Waals surface area contributed by atoms with Gasteiger partial charge in [0.1, 0.15) is 5.82 Å². The van der Waals surface area contributed by atoms with Gasteiger partial charge in [-0.2, -0.15) is 0 Å². The second-order valence-electron chi connectivity index (χ2n) is 4.29. The number of aryl methyl sites for hydroxylation is 1. The Morgan fingerprint density at radius 1 is 1.22 bits per heavy atom.